The molecule has 0 spiro atoms. The van der Waals surface area contributed by atoms with E-state index < -0.39 is 28.9 Å². The molecule has 152 valence electrons. The van der Waals surface area contributed by atoms with Crippen LogP contribution in [-0.4, -0.2) is 46.7 Å². The molecule has 0 aliphatic heterocycles. The van der Waals surface area contributed by atoms with Gasteiger partial charge in [-0.05, 0) is 43.8 Å². The third kappa shape index (κ3) is 5.93. The van der Waals surface area contributed by atoms with E-state index in [2.05, 4.69) is 5.32 Å². The normalized spacial score (nSPS) is 17.6. The lowest BCUT2D eigenvalue weighted by Gasteiger charge is -2.24. The van der Waals surface area contributed by atoms with Crippen LogP contribution < -0.4 is 5.32 Å². The fourth-order valence-corrected chi connectivity index (χ4v) is 3.55. The average molecular weight is 429 g/mol. The van der Waals surface area contributed by atoms with Gasteiger partial charge in [-0.3, -0.25) is 19.7 Å². The fourth-order valence-electron chi connectivity index (χ4n) is 2.82. The second-order valence-corrected chi connectivity index (χ2v) is 7.76. The number of esters is 1. The Morgan fingerprint density at radius 2 is 2.18 bits per heavy atom. The van der Waals surface area contributed by atoms with E-state index in [-0.39, 0.29) is 22.1 Å². The van der Waals surface area contributed by atoms with Gasteiger partial charge in [-0.1, -0.05) is 11.6 Å². The highest BCUT2D eigenvalue weighted by Crippen LogP contribution is 2.23. The molecule has 1 fully saturated rings. The summed E-state index contributed by atoms with van der Waals surface area (Å²) < 4.78 is 5.35. The van der Waals surface area contributed by atoms with Crippen LogP contribution in [0.4, 0.5) is 5.69 Å². The number of benzene rings is 1. The Balaban J connectivity index is 2.09. The SMILES string of the molecule is CSCC[C@H](NC(=O)c1ccc([N+](=O)[O-])cc1Cl)C(=O)O[C@@H]1CCCCC1=O. The van der Waals surface area contributed by atoms with Gasteiger partial charge in [-0.25, -0.2) is 4.79 Å². The number of carbonyl (C=O) groups is 3. The fraction of sp³-hybridized carbons (Fsp3) is 0.500. The molecule has 1 aromatic rings. The third-order valence-electron chi connectivity index (χ3n) is 4.37. The first-order valence-electron chi connectivity index (χ1n) is 8.80. The maximum Gasteiger partial charge on any atom is 0.329 e. The van der Waals surface area contributed by atoms with E-state index in [1.807, 2.05) is 6.26 Å². The molecule has 0 bridgehead atoms. The van der Waals surface area contributed by atoms with Gasteiger partial charge in [0.25, 0.3) is 11.6 Å². The van der Waals surface area contributed by atoms with Crippen molar-refractivity contribution in [1.29, 1.82) is 0 Å². The monoisotopic (exact) mass is 428 g/mol. The molecule has 2 atom stereocenters. The zero-order valence-corrected chi connectivity index (χ0v) is 16.9. The summed E-state index contributed by atoms with van der Waals surface area (Å²) >= 11 is 7.48. The molecular weight excluding hydrogens is 408 g/mol. The number of nitro groups is 1. The smallest absolute Gasteiger partial charge is 0.329 e. The molecule has 1 N–H and O–H groups in total. The highest BCUT2D eigenvalue weighted by atomic mass is 35.5. The number of rotatable bonds is 8. The van der Waals surface area contributed by atoms with Crippen molar-refractivity contribution in [2.75, 3.05) is 12.0 Å². The van der Waals surface area contributed by atoms with Gasteiger partial charge in [-0.15, -0.1) is 0 Å². The predicted molar refractivity (Wildman–Crippen MR) is 106 cm³/mol. The number of carbonyl (C=O) groups excluding carboxylic acids is 3. The van der Waals surface area contributed by atoms with Gasteiger partial charge < -0.3 is 10.1 Å². The van der Waals surface area contributed by atoms with Crippen LogP contribution in [0.5, 0.6) is 0 Å². The van der Waals surface area contributed by atoms with Crippen molar-refractivity contribution in [1.82, 2.24) is 5.32 Å². The van der Waals surface area contributed by atoms with Crippen molar-refractivity contribution in [3.63, 3.8) is 0 Å². The molecule has 1 aromatic carbocycles. The van der Waals surface area contributed by atoms with E-state index in [0.29, 0.717) is 25.0 Å². The van der Waals surface area contributed by atoms with E-state index in [9.17, 15) is 24.5 Å². The van der Waals surface area contributed by atoms with Crippen molar-refractivity contribution < 1.29 is 24.0 Å². The molecule has 10 heteroatoms. The maximum absolute atomic E-state index is 12.5. The lowest BCUT2D eigenvalue weighted by molar-refractivity contribution is -0.384. The van der Waals surface area contributed by atoms with Crippen molar-refractivity contribution in [3.05, 3.63) is 38.9 Å². The Morgan fingerprint density at radius 3 is 2.79 bits per heavy atom. The summed E-state index contributed by atoms with van der Waals surface area (Å²) in [7, 11) is 0. The van der Waals surface area contributed by atoms with Crippen LogP contribution in [-0.2, 0) is 14.3 Å². The Morgan fingerprint density at radius 1 is 1.43 bits per heavy atom. The van der Waals surface area contributed by atoms with Gasteiger partial charge in [0.15, 0.2) is 11.9 Å². The number of amides is 1. The second kappa shape index (κ2) is 10.4. The molecule has 2 rings (SSSR count). The van der Waals surface area contributed by atoms with E-state index in [1.165, 1.54) is 17.8 Å². The number of ether oxygens (including phenoxy) is 1. The van der Waals surface area contributed by atoms with Crippen molar-refractivity contribution >= 4 is 46.7 Å². The molecule has 1 saturated carbocycles. The molecular formula is C18H21ClN2O6S. The first kappa shape index (κ1) is 22.2. The van der Waals surface area contributed by atoms with Crippen LogP contribution in [0, 0.1) is 10.1 Å². The quantitative estimate of drug-likeness (QED) is 0.384. The molecule has 0 radical (unpaired) electrons. The van der Waals surface area contributed by atoms with E-state index in [1.54, 1.807) is 0 Å². The molecule has 1 aliphatic carbocycles. The van der Waals surface area contributed by atoms with E-state index >= 15 is 0 Å². The summed E-state index contributed by atoms with van der Waals surface area (Å²) in [5, 5.41) is 13.3. The molecule has 8 nitrogen and oxygen atoms in total. The van der Waals surface area contributed by atoms with Gasteiger partial charge in [0.05, 0.1) is 15.5 Å². The van der Waals surface area contributed by atoms with Gasteiger partial charge in [0.1, 0.15) is 6.04 Å². The number of nitro benzene ring substituents is 1. The molecule has 28 heavy (non-hydrogen) atoms. The maximum atomic E-state index is 12.5. The topological polar surface area (TPSA) is 116 Å². The van der Waals surface area contributed by atoms with Crippen molar-refractivity contribution in [2.24, 2.45) is 0 Å². The molecule has 1 aliphatic rings. The predicted octanol–water partition coefficient (Wildman–Crippen LogP) is 3.15. The number of halogens is 1. The van der Waals surface area contributed by atoms with Gasteiger partial charge in [-0.2, -0.15) is 11.8 Å². The number of Topliss-reactive ketones (excluding diaryl/α,β-unsaturated/α-hetero) is 1. The Bertz CT molecular complexity index is 772. The molecule has 0 heterocycles. The Labute approximate surface area is 171 Å². The summed E-state index contributed by atoms with van der Waals surface area (Å²) in [6.45, 7) is 0. The van der Waals surface area contributed by atoms with Crippen LogP contribution >= 0.6 is 23.4 Å². The summed E-state index contributed by atoms with van der Waals surface area (Å²) in [4.78, 5) is 47.1. The Kier molecular flexibility index (Phi) is 8.25. The van der Waals surface area contributed by atoms with Crippen LogP contribution in [0.1, 0.15) is 42.5 Å². The van der Waals surface area contributed by atoms with Crippen molar-refractivity contribution in [3.8, 4) is 0 Å². The first-order chi connectivity index (χ1) is 13.3. The first-order valence-corrected chi connectivity index (χ1v) is 10.6. The second-order valence-electron chi connectivity index (χ2n) is 6.37. The number of hydrogen-bond donors (Lipinski definition) is 1. The number of hydrogen-bond acceptors (Lipinski definition) is 7. The molecule has 0 aromatic heterocycles. The largest absolute Gasteiger partial charge is 0.453 e. The molecule has 0 unspecified atom stereocenters. The summed E-state index contributed by atoms with van der Waals surface area (Å²) in [6.07, 6.45) is 3.89. The van der Waals surface area contributed by atoms with Gasteiger partial charge >= 0.3 is 5.97 Å². The summed E-state index contributed by atoms with van der Waals surface area (Å²) in [5.74, 6) is -0.821. The number of thioether (sulfide) groups is 1. The van der Waals surface area contributed by atoms with Crippen molar-refractivity contribution in [2.45, 2.75) is 44.2 Å². The van der Waals surface area contributed by atoms with E-state index in [0.717, 1.165) is 25.0 Å². The lowest BCUT2D eigenvalue weighted by Crippen LogP contribution is -2.44. The van der Waals surface area contributed by atoms with Gasteiger partial charge in [0.2, 0.25) is 0 Å². The standard InChI is InChI=1S/C18H21ClN2O6S/c1-28-9-8-14(18(24)27-16-5-3-2-4-15(16)22)20-17(23)12-7-6-11(21(25)26)10-13(12)19/h6-7,10,14,16H,2-5,8-9H2,1H3,(H,20,23)/t14-,16+/m0/s1. The molecule has 0 saturated heterocycles. The highest BCUT2D eigenvalue weighted by molar-refractivity contribution is 7.98. The van der Waals surface area contributed by atoms with Gasteiger partial charge in [0, 0.05) is 18.6 Å². The Hall–Kier alpha value is -2.13. The minimum Gasteiger partial charge on any atom is -0.453 e. The minimum atomic E-state index is -0.944. The lowest BCUT2D eigenvalue weighted by atomic mass is 9.96. The summed E-state index contributed by atoms with van der Waals surface area (Å²) in [5.41, 5.74) is -0.223. The number of ketones is 1. The summed E-state index contributed by atoms with van der Waals surface area (Å²) in [6, 6.07) is 2.53. The third-order valence-corrected chi connectivity index (χ3v) is 5.32. The van der Waals surface area contributed by atoms with Crippen LogP contribution in [0.25, 0.3) is 0 Å². The van der Waals surface area contributed by atoms with E-state index in [4.69, 9.17) is 16.3 Å². The van der Waals surface area contributed by atoms with Crippen LogP contribution in [0.15, 0.2) is 18.2 Å². The number of nitrogens with one attached hydrogen (secondary N) is 1. The number of non-ortho nitro benzene ring substituents is 1. The zero-order chi connectivity index (χ0) is 20.7. The van der Waals surface area contributed by atoms with Crippen LogP contribution in [0.3, 0.4) is 0 Å². The highest BCUT2D eigenvalue weighted by Gasteiger charge is 2.30. The average Bonchev–Trinajstić information content (AvgIpc) is 2.66. The zero-order valence-electron chi connectivity index (χ0n) is 15.3. The molecule has 1 amide bonds. The number of nitrogens with zero attached hydrogens (tertiary/aromatic N) is 1. The van der Waals surface area contributed by atoms with Crippen LogP contribution in [0.2, 0.25) is 5.02 Å². The minimum absolute atomic E-state index is 0.0166.